The second-order valence-corrected chi connectivity index (χ2v) is 8.61. The molecule has 0 spiro atoms. The lowest BCUT2D eigenvalue weighted by Crippen LogP contribution is -2.40. The lowest BCUT2D eigenvalue weighted by atomic mass is 10.1. The van der Waals surface area contributed by atoms with E-state index in [-0.39, 0.29) is 47.1 Å². The van der Waals surface area contributed by atoms with E-state index in [1.165, 1.54) is 16.8 Å². The molecule has 0 radical (unpaired) electrons. The zero-order valence-electron chi connectivity index (χ0n) is 19.9. The first kappa shape index (κ1) is 25.8. The molecule has 1 atom stereocenters. The van der Waals surface area contributed by atoms with Crippen LogP contribution in [0.4, 0.5) is 14.6 Å². The second kappa shape index (κ2) is 11.2. The molecule has 2 heterocycles. The fourth-order valence-corrected chi connectivity index (χ4v) is 4.26. The van der Waals surface area contributed by atoms with Gasteiger partial charge in [-0.3, -0.25) is 9.59 Å². The van der Waals surface area contributed by atoms with Crippen molar-refractivity contribution in [3.8, 4) is 22.8 Å². The number of likely N-dealkylation sites (tertiary alicyclic amines) is 1. The third-order valence-corrected chi connectivity index (χ3v) is 6.05. The number of carbonyl (C=O) groups is 2. The van der Waals surface area contributed by atoms with Crippen molar-refractivity contribution in [3.63, 3.8) is 0 Å². The van der Waals surface area contributed by atoms with Crippen LogP contribution >= 0.6 is 0 Å². The average molecular weight is 512 g/mol. The SMILES string of the molecule is NC(=O)c1c(-c2ccc(Oc3ccc(F)cc3F)cc2)nn([C@@H]2CCCN(C(=O)/C=C/CCO)C2)c1N. The van der Waals surface area contributed by atoms with Gasteiger partial charge in [-0.15, -0.1) is 0 Å². The van der Waals surface area contributed by atoms with E-state index >= 15 is 0 Å². The van der Waals surface area contributed by atoms with Crippen LogP contribution in [0.2, 0.25) is 0 Å². The molecule has 1 aliphatic heterocycles. The number of primary amides is 1. The number of nitrogens with two attached hydrogens (primary N) is 2. The summed E-state index contributed by atoms with van der Waals surface area (Å²) in [7, 11) is 0. The molecule has 1 aromatic heterocycles. The minimum atomic E-state index is -0.837. The Morgan fingerprint density at radius 3 is 2.62 bits per heavy atom. The number of hydrogen-bond donors (Lipinski definition) is 3. The van der Waals surface area contributed by atoms with Gasteiger partial charge in [0.15, 0.2) is 11.6 Å². The summed E-state index contributed by atoms with van der Waals surface area (Å²) in [6.45, 7) is 0.887. The number of aromatic nitrogens is 2. The molecule has 4 rings (SSSR count). The molecule has 3 aromatic rings. The molecular weight excluding hydrogens is 484 g/mol. The van der Waals surface area contributed by atoms with Gasteiger partial charge in [0.05, 0.1) is 6.04 Å². The number of nitrogens with zero attached hydrogens (tertiary/aromatic N) is 3. The van der Waals surface area contributed by atoms with Gasteiger partial charge >= 0.3 is 0 Å². The van der Waals surface area contributed by atoms with Crippen LogP contribution in [0.15, 0.2) is 54.6 Å². The molecule has 1 aliphatic rings. The Bertz CT molecular complexity index is 1320. The molecule has 9 nitrogen and oxygen atoms in total. The van der Waals surface area contributed by atoms with E-state index in [2.05, 4.69) is 5.10 Å². The summed E-state index contributed by atoms with van der Waals surface area (Å²) in [6.07, 6.45) is 4.87. The topological polar surface area (TPSA) is 137 Å². The van der Waals surface area contributed by atoms with Crippen LogP contribution in [0, 0.1) is 11.6 Å². The number of nitrogen functional groups attached to an aromatic ring is 1. The Morgan fingerprint density at radius 1 is 1.19 bits per heavy atom. The van der Waals surface area contributed by atoms with Crippen molar-refractivity contribution in [2.24, 2.45) is 5.73 Å². The number of aliphatic hydroxyl groups is 1. The maximum Gasteiger partial charge on any atom is 0.254 e. The number of piperidine rings is 1. The average Bonchev–Trinajstić information content (AvgIpc) is 3.23. The monoisotopic (exact) mass is 511 g/mol. The lowest BCUT2D eigenvalue weighted by Gasteiger charge is -2.32. The van der Waals surface area contributed by atoms with Crippen LogP contribution in [-0.4, -0.2) is 51.3 Å². The van der Waals surface area contributed by atoms with Gasteiger partial charge in [-0.25, -0.2) is 13.5 Å². The predicted molar refractivity (Wildman–Crippen MR) is 133 cm³/mol. The zero-order valence-corrected chi connectivity index (χ0v) is 19.9. The number of rotatable bonds is 8. The number of carbonyl (C=O) groups excluding carboxylic acids is 2. The van der Waals surface area contributed by atoms with Crippen molar-refractivity contribution in [2.45, 2.75) is 25.3 Å². The molecule has 0 aliphatic carbocycles. The smallest absolute Gasteiger partial charge is 0.254 e. The third-order valence-electron chi connectivity index (χ3n) is 6.05. The van der Waals surface area contributed by atoms with Crippen molar-refractivity contribution in [2.75, 3.05) is 25.4 Å². The van der Waals surface area contributed by atoms with Crippen LogP contribution in [0.5, 0.6) is 11.5 Å². The highest BCUT2D eigenvalue weighted by atomic mass is 19.1. The van der Waals surface area contributed by atoms with Crippen molar-refractivity contribution in [1.29, 1.82) is 0 Å². The maximum absolute atomic E-state index is 13.9. The molecule has 1 fully saturated rings. The summed E-state index contributed by atoms with van der Waals surface area (Å²) in [4.78, 5) is 26.5. The largest absolute Gasteiger partial charge is 0.454 e. The first-order valence-corrected chi connectivity index (χ1v) is 11.8. The first-order chi connectivity index (χ1) is 17.8. The highest BCUT2D eigenvalue weighted by molar-refractivity contribution is 6.03. The minimum absolute atomic E-state index is 0.0366. The Labute approximate surface area is 211 Å². The van der Waals surface area contributed by atoms with E-state index in [4.69, 9.17) is 21.3 Å². The van der Waals surface area contributed by atoms with Crippen molar-refractivity contribution < 1.29 is 28.2 Å². The number of hydrogen-bond acceptors (Lipinski definition) is 6. The number of halogens is 2. The van der Waals surface area contributed by atoms with Crippen LogP contribution in [0.3, 0.4) is 0 Å². The van der Waals surface area contributed by atoms with Gasteiger partial charge in [-0.1, -0.05) is 6.08 Å². The molecule has 194 valence electrons. The summed E-state index contributed by atoms with van der Waals surface area (Å²) in [6, 6.07) is 9.09. The molecule has 0 unspecified atom stereocenters. The van der Waals surface area contributed by atoms with Gasteiger partial charge in [0.2, 0.25) is 5.91 Å². The molecule has 2 amide bonds. The molecule has 37 heavy (non-hydrogen) atoms. The zero-order chi connectivity index (χ0) is 26.5. The van der Waals surface area contributed by atoms with Crippen LogP contribution < -0.4 is 16.2 Å². The van der Waals surface area contributed by atoms with Crippen molar-refractivity contribution >= 4 is 17.6 Å². The highest BCUT2D eigenvalue weighted by Crippen LogP contribution is 2.33. The van der Waals surface area contributed by atoms with Gasteiger partial charge < -0.3 is 26.2 Å². The molecule has 2 aromatic carbocycles. The summed E-state index contributed by atoms with van der Waals surface area (Å²) in [5, 5.41) is 13.5. The molecular formula is C26H27F2N5O4. The van der Waals surface area contributed by atoms with Gasteiger partial charge in [0, 0.05) is 31.3 Å². The fourth-order valence-electron chi connectivity index (χ4n) is 4.26. The summed E-state index contributed by atoms with van der Waals surface area (Å²) in [5.74, 6) is -2.21. The number of ether oxygens (including phenoxy) is 1. The maximum atomic E-state index is 13.9. The third kappa shape index (κ3) is 5.78. The molecule has 5 N–H and O–H groups in total. The van der Waals surface area contributed by atoms with E-state index in [0.29, 0.717) is 31.5 Å². The highest BCUT2D eigenvalue weighted by Gasteiger charge is 2.29. The minimum Gasteiger partial charge on any atom is -0.454 e. The normalized spacial score (nSPS) is 15.8. The Morgan fingerprint density at radius 2 is 1.95 bits per heavy atom. The van der Waals surface area contributed by atoms with Gasteiger partial charge in [-0.05, 0) is 61.7 Å². The van der Waals surface area contributed by atoms with E-state index in [9.17, 15) is 18.4 Å². The summed E-state index contributed by atoms with van der Waals surface area (Å²) < 4.78 is 34.1. The fraction of sp³-hybridized carbons (Fsp3) is 0.269. The van der Waals surface area contributed by atoms with Crippen LogP contribution in [0.1, 0.15) is 35.7 Å². The summed E-state index contributed by atoms with van der Waals surface area (Å²) >= 11 is 0. The standard InChI is InChI=1S/C26H27F2N5O4/c27-17-8-11-21(20(28)14-17)37-19-9-6-16(7-10-19)24-23(26(30)36)25(29)33(31-24)18-4-3-12-32(15-18)22(35)5-1-2-13-34/h1,5-11,14,18,34H,2-4,12-13,15,29H2,(H2,30,36)/b5-1+/t18-/m1/s1. The van der Waals surface area contributed by atoms with Gasteiger partial charge in [0.25, 0.3) is 5.91 Å². The van der Waals surface area contributed by atoms with Crippen LogP contribution in [-0.2, 0) is 4.79 Å². The molecule has 0 saturated carbocycles. The van der Waals surface area contributed by atoms with Gasteiger partial charge in [-0.2, -0.15) is 5.10 Å². The second-order valence-electron chi connectivity index (χ2n) is 8.61. The van der Waals surface area contributed by atoms with E-state index < -0.39 is 17.5 Å². The predicted octanol–water partition coefficient (Wildman–Crippen LogP) is 3.40. The number of benzene rings is 2. The number of anilines is 1. The van der Waals surface area contributed by atoms with Gasteiger partial charge in [0.1, 0.15) is 28.6 Å². The molecule has 1 saturated heterocycles. The Hall–Kier alpha value is -4.25. The summed E-state index contributed by atoms with van der Waals surface area (Å²) in [5.41, 5.74) is 12.8. The first-order valence-electron chi connectivity index (χ1n) is 11.8. The van der Waals surface area contributed by atoms with E-state index in [1.54, 1.807) is 35.2 Å². The van der Waals surface area contributed by atoms with Crippen LogP contribution in [0.25, 0.3) is 11.3 Å². The lowest BCUT2D eigenvalue weighted by molar-refractivity contribution is -0.127. The number of aliphatic hydroxyl groups excluding tert-OH is 1. The quantitative estimate of drug-likeness (QED) is 0.397. The Balaban J connectivity index is 1.58. The number of amides is 2. The molecule has 0 bridgehead atoms. The Kier molecular flexibility index (Phi) is 7.83. The van der Waals surface area contributed by atoms with Crippen molar-refractivity contribution in [1.82, 2.24) is 14.7 Å². The molecule has 11 heteroatoms. The van der Waals surface area contributed by atoms with E-state index in [1.807, 2.05) is 0 Å². The van der Waals surface area contributed by atoms with E-state index in [0.717, 1.165) is 18.6 Å². The van der Waals surface area contributed by atoms with Crippen molar-refractivity contribution in [3.05, 3.63) is 71.8 Å².